The monoisotopic (exact) mass is 457 g/mol. The standard InChI is InChI=1S/C27H31N5O2/c1-27(2)14-22-24(23(33)15-27)25(30-32(22)18-20-10-6-12-28-16-20)21-11-7-13-31(21)26(34)29-17-19-8-4-3-5-9-19/h3-6,8-10,12,16,21H,7,11,13-15,17-18H2,1-2H3,(H,29,34)/t21-/m0/s1. The van der Waals surface area contributed by atoms with Gasteiger partial charge < -0.3 is 10.2 Å². The van der Waals surface area contributed by atoms with Gasteiger partial charge in [0.05, 0.1) is 29.5 Å². The number of fused-ring (bicyclic) bond motifs is 1. The molecule has 1 atom stereocenters. The van der Waals surface area contributed by atoms with Crippen molar-refractivity contribution in [1.29, 1.82) is 0 Å². The Kier molecular flexibility index (Phi) is 5.94. The van der Waals surface area contributed by atoms with E-state index in [0.29, 0.717) is 26.1 Å². The third kappa shape index (κ3) is 4.47. The molecule has 1 aliphatic heterocycles. The number of ketones is 1. The van der Waals surface area contributed by atoms with Crippen molar-refractivity contribution in [2.75, 3.05) is 6.54 Å². The number of urea groups is 1. The van der Waals surface area contributed by atoms with E-state index in [1.807, 2.05) is 58.2 Å². The highest BCUT2D eigenvalue weighted by atomic mass is 16.2. The molecule has 2 aliphatic rings. The number of nitrogens with one attached hydrogen (secondary N) is 1. The highest BCUT2D eigenvalue weighted by Gasteiger charge is 2.41. The lowest BCUT2D eigenvalue weighted by atomic mass is 9.75. The van der Waals surface area contributed by atoms with Crippen LogP contribution in [0.15, 0.2) is 54.9 Å². The maximum absolute atomic E-state index is 13.3. The largest absolute Gasteiger partial charge is 0.334 e. The van der Waals surface area contributed by atoms with Gasteiger partial charge in [0.15, 0.2) is 5.78 Å². The lowest BCUT2D eigenvalue weighted by Gasteiger charge is -2.30. The Morgan fingerprint density at radius 2 is 1.91 bits per heavy atom. The smallest absolute Gasteiger partial charge is 0.318 e. The predicted molar refractivity (Wildman–Crippen MR) is 129 cm³/mol. The van der Waals surface area contributed by atoms with Gasteiger partial charge in [-0.2, -0.15) is 5.10 Å². The van der Waals surface area contributed by atoms with Crippen molar-refractivity contribution in [2.24, 2.45) is 5.41 Å². The van der Waals surface area contributed by atoms with Gasteiger partial charge in [0.2, 0.25) is 0 Å². The summed E-state index contributed by atoms with van der Waals surface area (Å²) < 4.78 is 1.97. The van der Waals surface area contributed by atoms with Gasteiger partial charge in [0.1, 0.15) is 0 Å². The SMILES string of the molecule is CC1(C)CC(=O)c2c([C@@H]3CCCN3C(=O)NCc3ccccc3)nn(Cc3cccnc3)c2C1. The Bertz CT molecular complexity index is 1190. The van der Waals surface area contributed by atoms with Crippen LogP contribution in [-0.4, -0.2) is 38.0 Å². The Morgan fingerprint density at radius 1 is 1.12 bits per heavy atom. The van der Waals surface area contributed by atoms with Crippen LogP contribution in [0.25, 0.3) is 0 Å². The van der Waals surface area contributed by atoms with Crippen LogP contribution in [0.2, 0.25) is 0 Å². The van der Waals surface area contributed by atoms with Gasteiger partial charge in [-0.1, -0.05) is 50.2 Å². The maximum atomic E-state index is 13.3. The highest BCUT2D eigenvalue weighted by molar-refractivity contribution is 6.00. The summed E-state index contributed by atoms with van der Waals surface area (Å²) in [5.41, 5.74) is 4.46. The molecule has 2 aromatic heterocycles. The lowest BCUT2D eigenvalue weighted by molar-refractivity contribution is 0.0907. The summed E-state index contributed by atoms with van der Waals surface area (Å²) >= 11 is 0. The number of amides is 2. The number of aromatic nitrogens is 3. The Labute approximate surface area is 200 Å². The minimum Gasteiger partial charge on any atom is -0.334 e. The second-order valence-corrected chi connectivity index (χ2v) is 10.2. The number of pyridine rings is 1. The van der Waals surface area contributed by atoms with E-state index in [9.17, 15) is 9.59 Å². The van der Waals surface area contributed by atoms with Crippen molar-refractivity contribution >= 4 is 11.8 Å². The number of likely N-dealkylation sites (tertiary alicyclic amines) is 1. The van der Waals surface area contributed by atoms with Crippen LogP contribution in [0.5, 0.6) is 0 Å². The average Bonchev–Trinajstić information content (AvgIpc) is 3.43. The quantitative estimate of drug-likeness (QED) is 0.611. The first-order valence-electron chi connectivity index (χ1n) is 12.0. The molecule has 1 fully saturated rings. The van der Waals surface area contributed by atoms with Crippen molar-refractivity contribution in [3.05, 3.63) is 82.9 Å². The molecule has 34 heavy (non-hydrogen) atoms. The van der Waals surface area contributed by atoms with Gasteiger partial charge in [-0.3, -0.25) is 14.5 Å². The third-order valence-corrected chi connectivity index (χ3v) is 6.82. The number of carbonyl (C=O) groups excluding carboxylic acids is 2. The highest BCUT2D eigenvalue weighted by Crippen LogP contribution is 2.41. The van der Waals surface area contributed by atoms with Crippen molar-refractivity contribution in [2.45, 2.75) is 58.7 Å². The van der Waals surface area contributed by atoms with E-state index in [2.05, 4.69) is 24.1 Å². The number of hydrogen-bond acceptors (Lipinski definition) is 4. The molecular formula is C27H31N5O2. The Hall–Kier alpha value is -3.48. The number of carbonyl (C=O) groups is 2. The lowest BCUT2D eigenvalue weighted by Crippen LogP contribution is -2.39. The molecule has 7 nitrogen and oxygen atoms in total. The van der Waals surface area contributed by atoms with Crippen LogP contribution >= 0.6 is 0 Å². The van der Waals surface area contributed by atoms with Gasteiger partial charge in [-0.15, -0.1) is 0 Å². The summed E-state index contributed by atoms with van der Waals surface area (Å²) in [5.74, 6) is 0.134. The zero-order valence-corrected chi connectivity index (χ0v) is 19.8. The molecule has 5 rings (SSSR count). The topological polar surface area (TPSA) is 80.1 Å². The zero-order valence-electron chi connectivity index (χ0n) is 19.8. The number of rotatable bonds is 5. The van der Waals surface area contributed by atoms with Gasteiger partial charge >= 0.3 is 6.03 Å². The normalized spacial score (nSPS) is 19.2. The fourth-order valence-electron chi connectivity index (χ4n) is 5.24. The summed E-state index contributed by atoms with van der Waals surface area (Å²) in [6, 6.07) is 13.5. The van der Waals surface area contributed by atoms with E-state index in [-0.39, 0.29) is 23.3 Å². The van der Waals surface area contributed by atoms with E-state index in [1.54, 1.807) is 6.20 Å². The van der Waals surface area contributed by atoms with Crippen LogP contribution in [0.4, 0.5) is 4.79 Å². The van der Waals surface area contributed by atoms with Crippen LogP contribution < -0.4 is 5.32 Å². The first-order chi connectivity index (χ1) is 16.4. The second-order valence-electron chi connectivity index (χ2n) is 10.2. The first-order valence-corrected chi connectivity index (χ1v) is 12.0. The van der Waals surface area contributed by atoms with E-state index in [1.165, 1.54) is 0 Å². The van der Waals surface area contributed by atoms with Crippen LogP contribution in [0.1, 0.15) is 72.0 Å². The summed E-state index contributed by atoms with van der Waals surface area (Å²) in [5, 5.41) is 8.03. The van der Waals surface area contributed by atoms with Crippen LogP contribution in [0.3, 0.4) is 0 Å². The van der Waals surface area contributed by atoms with Crippen molar-refractivity contribution < 1.29 is 9.59 Å². The molecule has 0 bridgehead atoms. The summed E-state index contributed by atoms with van der Waals surface area (Å²) in [4.78, 5) is 32.6. The maximum Gasteiger partial charge on any atom is 0.318 e. The molecule has 2 amide bonds. The number of Topliss-reactive ketones (excluding diaryl/α,β-unsaturated/α-hetero) is 1. The molecule has 0 spiro atoms. The Balaban J connectivity index is 1.45. The molecule has 0 radical (unpaired) electrons. The van der Waals surface area contributed by atoms with E-state index in [0.717, 1.165) is 47.3 Å². The second kappa shape index (κ2) is 9.05. The van der Waals surface area contributed by atoms with E-state index < -0.39 is 0 Å². The molecular weight excluding hydrogens is 426 g/mol. The predicted octanol–water partition coefficient (Wildman–Crippen LogP) is 4.53. The number of hydrogen-bond donors (Lipinski definition) is 1. The Morgan fingerprint density at radius 3 is 2.68 bits per heavy atom. The molecule has 3 aromatic rings. The van der Waals surface area contributed by atoms with Crippen molar-refractivity contribution in [3.63, 3.8) is 0 Å². The molecule has 7 heteroatoms. The molecule has 1 N–H and O–H groups in total. The molecule has 1 aliphatic carbocycles. The van der Waals surface area contributed by atoms with Crippen molar-refractivity contribution in [1.82, 2.24) is 25.0 Å². The molecule has 176 valence electrons. The molecule has 1 saturated heterocycles. The molecule has 1 aromatic carbocycles. The fraction of sp³-hybridized carbons (Fsp3) is 0.407. The van der Waals surface area contributed by atoms with E-state index in [4.69, 9.17) is 5.10 Å². The summed E-state index contributed by atoms with van der Waals surface area (Å²) in [7, 11) is 0. The van der Waals surface area contributed by atoms with Crippen molar-refractivity contribution in [3.8, 4) is 0 Å². The number of benzene rings is 1. The summed E-state index contributed by atoms with van der Waals surface area (Å²) in [6.07, 6.45) is 6.58. The average molecular weight is 458 g/mol. The van der Waals surface area contributed by atoms with Gasteiger partial charge in [-0.05, 0) is 41.9 Å². The molecule has 0 unspecified atom stereocenters. The van der Waals surface area contributed by atoms with Crippen LogP contribution in [0, 0.1) is 5.41 Å². The minimum atomic E-state index is -0.190. The minimum absolute atomic E-state index is 0.106. The third-order valence-electron chi connectivity index (χ3n) is 6.82. The van der Waals surface area contributed by atoms with E-state index >= 15 is 0 Å². The number of nitrogens with zero attached hydrogens (tertiary/aromatic N) is 4. The van der Waals surface area contributed by atoms with Gasteiger partial charge in [-0.25, -0.2) is 4.79 Å². The fourth-order valence-corrected chi connectivity index (χ4v) is 5.24. The molecule has 0 saturated carbocycles. The first kappa shape index (κ1) is 22.3. The zero-order chi connectivity index (χ0) is 23.7. The van der Waals surface area contributed by atoms with Gasteiger partial charge in [0.25, 0.3) is 0 Å². The van der Waals surface area contributed by atoms with Gasteiger partial charge in [0, 0.05) is 31.9 Å². The summed E-state index contributed by atoms with van der Waals surface area (Å²) in [6.45, 7) is 5.97. The van der Waals surface area contributed by atoms with Crippen LogP contribution in [-0.2, 0) is 19.5 Å². The molecule has 3 heterocycles.